The van der Waals surface area contributed by atoms with E-state index in [-0.39, 0.29) is 5.91 Å². The normalized spacial score (nSPS) is 14.8. The van der Waals surface area contributed by atoms with Crippen molar-refractivity contribution in [2.24, 2.45) is 0 Å². The van der Waals surface area contributed by atoms with Crippen LogP contribution in [-0.4, -0.2) is 31.1 Å². The van der Waals surface area contributed by atoms with E-state index >= 15 is 0 Å². The van der Waals surface area contributed by atoms with E-state index in [9.17, 15) is 4.79 Å². The molecule has 1 N–H and O–H groups in total. The Labute approximate surface area is 142 Å². The molecular weight excluding hydrogens is 302 g/mol. The van der Waals surface area contributed by atoms with Gasteiger partial charge >= 0.3 is 0 Å². The van der Waals surface area contributed by atoms with Gasteiger partial charge in [0, 0.05) is 18.8 Å². The fourth-order valence-electron chi connectivity index (χ4n) is 2.90. The molecule has 1 saturated heterocycles. The minimum absolute atomic E-state index is 0.197. The zero-order chi connectivity index (χ0) is 16.8. The number of hydrogen-bond acceptors (Lipinski definition) is 4. The highest BCUT2D eigenvalue weighted by Crippen LogP contribution is 2.19. The minimum atomic E-state index is -0.197. The number of rotatable bonds is 4. The summed E-state index contributed by atoms with van der Waals surface area (Å²) >= 11 is 0. The number of methoxy groups -OCH3 is 1. The van der Waals surface area contributed by atoms with Gasteiger partial charge in [0.2, 0.25) is 0 Å². The van der Waals surface area contributed by atoms with Gasteiger partial charge in [-0.15, -0.1) is 0 Å². The highest BCUT2D eigenvalue weighted by atomic mass is 16.5. The monoisotopic (exact) mass is 325 g/mol. The summed E-state index contributed by atoms with van der Waals surface area (Å²) in [6, 6.07) is 12.9. The summed E-state index contributed by atoms with van der Waals surface area (Å²) in [7, 11) is 1.62. The number of amides is 1. The van der Waals surface area contributed by atoms with Gasteiger partial charge in [0.05, 0.1) is 7.11 Å². The zero-order valence-corrected chi connectivity index (χ0v) is 14.0. The molecule has 126 valence electrons. The van der Waals surface area contributed by atoms with Crippen LogP contribution in [0.1, 0.15) is 36.2 Å². The second-order valence-electron chi connectivity index (χ2n) is 5.96. The largest absolute Gasteiger partial charge is 0.497 e. The number of benzene rings is 1. The zero-order valence-electron chi connectivity index (χ0n) is 14.0. The van der Waals surface area contributed by atoms with Gasteiger partial charge in [-0.05, 0) is 49.2 Å². The summed E-state index contributed by atoms with van der Waals surface area (Å²) in [4.78, 5) is 19.3. The smallest absolute Gasteiger partial charge is 0.274 e. The Kier molecular flexibility index (Phi) is 5.31. The van der Waals surface area contributed by atoms with Crippen LogP contribution in [0, 0.1) is 0 Å². The molecule has 1 amide bonds. The highest BCUT2D eigenvalue weighted by molar-refractivity contribution is 6.03. The molecule has 2 aromatic rings. The van der Waals surface area contributed by atoms with Crippen molar-refractivity contribution in [3.8, 4) is 5.75 Å². The maximum atomic E-state index is 12.4. The molecule has 0 bridgehead atoms. The number of carbonyl (C=O) groups excluding carboxylic acids is 1. The summed E-state index contributed by atoms with van der Waals surface area (Å²) in [5.41, 5.74) is 1.16. The Bertz CT molecular complexity index is 677. The van der Waals surface area contributed by atoms with Gasteiger partial charge in [-0.3, -0.25) is 4.79 Å². The predicted octanol–water partition coefficient (Wildman–Crippen LogP) is 3.72. The lowest BCUT2D eigenvalue weighted by atomic mass is 10.2. The Hall–Kier alpha value is -2.56. The van der Waals surface area contributed by atoms with Crippen molar-refractivity contribution in [1.82, 2.24) is 4.98 Å². The third-order valence-corrected chi connectivity index (χ3v) is 4.24. The molecule has 1 fully saturated rings. The number of nitrogens with zero attached hydrogens (tertiary/aromatic N) is 2. The molecule has 1 aromatic heterocycles. The molecule has 2 heterocycles. The fraction of sp³-hybridized carbons (Fsp3) is 0.368. The predicted molar refractivity (Wildman–Crippen MR) is 95.9 cm³/mol. The van der Waals surface area contributed by atoms with Crippen LogP contribution in [-0.2, 0) is 0 Å². The van der Waals surface area contributed by atoms with Gasteiger partial charge in [-0.25, -0.2) is 4.98 Å². The first-order valence-corrected chi connectivity index (χ1v) is 8.44. The second kappa shape index (κ2) is 7.81. The topological polar surface area (TPSA) is 54.5 Å². The highest BCUT2D eigenvalue weighted by Gasteiger charge is 2.14. The van der Waals surface area contributed by atoms with Crippen LogP contribution in [0.2, 0.25) is 0 Å². The molecule has 1 aliphatic rings. The van der Waals surface area contributed by atoms with E-state index in [4.69, 9.17) is 4.74 Å². The summed E-state index contributed by atoms with van der Waals surface area (Å²) in [5.74, 6) is 1.45. The third-order valence-electron chi connectivity index (χ3n) is 4.24. The molecule has 5 heteroatoms. The molecule has 0 saturated carbocycles. The number of nitrogens with one attached hydrogen (secondary N) is 1. The van der Waals surface area contributed by atoms with Crippen LogP contribution in [0.5, 0.6) is 5.75 Å². The maximum absolute atomic E-state index is 12.4. The van der Waals surface area contributed by atoms with Gasteiger partial charge in [0.1, 0.15) is 17.3 Å². The van der Waals surface area contributed by atoms with Crippen molar-refractivity contribution < 1.29 is 9.53 Å². The number of anilines is 2. The number of hydrogen-bond donors (Lipinski definition) is 1. The van der Waals surface area contributed by atoms with Gasteiger partial charge < -0.3 is 15.0 Å². The first kappa shape index (κ1) is 16.3. The molecule has 0 aliphatic carbocycles. The van der Waals surface area contributed by atoms with E-state index in [0.717, 1.165) is 30.3 Å². The molecule has 1 aromatic carbocycles. The van der Waals surface area contributed by atoms with E-state index in [1.807, 2.05) is 36.4 Å². The van der Waals surface area contributed by atoms with Crippen LogP contribution in [0.4, 0.5) is 11.5 Å². The lowest BCUT2D eigenvalue weighted by Gasteiger charge is -2.21. The molecule has 0 unspecified atom stereocenters. The van der Waals surface area contributed by atoms with E-state index in [2.05, 4.69) is 15.2 Å². The number of aromatic nitrogens is 1. The molecule has 0 atom stereocenters. The fourth-order valence-corrected chi connectivity index (χ4v) is 2.90. The van der Waals surface area contributed by atoms with Gasteiger partial charge in [-0.2, -0.15) is 0 Å². The molecule has 3 rings (SSSR count). The second-order valence-corrected chi connectivity index (χ2v) is 5.96. The van der Waals surface area contributed by atoms with Gasteiger partial charge in [0.15, 0.2) is 0 Å². The van der Waals surface area contributed by atoms with Crippen molar-refractivity contribution in [2.75, 3.05) is 30.4 Å². The van der Waals surface area contributed by atoms with Gasteiger partial charge in [0.25, 0.3) is 5.91 Å². The summed E-state index contributed by atoms with van der Waals surface area (Å²) < 4.78 is 5.12. The minimum Gasteiger partial charge on any atom is -0.497 e. The molecular formula is C19H23N3O2. The van der Waals surface area contributed by atoms with Crippen molar-refractivity contribution in [2.45, 2.75) is 25.7 Å². The Balaban J connectivity index is 1.71. The molecule has 5 nitrogen and oxygen atoms in total. The number of ether oxygens (including phenoxy) is 1. The summed E-state index contributed by atoms with van der Waals surface area (Å²) in [5, 5.41) is 2.88. The average molecular weight is 325 g/mol. The third kappa shape index (κ3) is 4.04. The van der Waals surface area contributed by atoms with Crippen LogP contribution < -0.4 is 15.0 Å². The standard InChI is InChI=1S/C19H23N3O2/c1-24-16-11-9-15(10-12-16)20-19(23)17-7-6-8-18(21-17)22-13-4-2-3-5-14-22/h6-12H,2-5,13-14H2,1H3,(H,20,23). The molecule has 1 aliphatic heterocycles. The Morgan fingerprint density at radius 1 is 1.04 bits per heavy atom. The Morgan fingerprint density at radius 2 is 1.75 bits per heavy atom. The van der Waals surface area contributed by atoms with E-state index in [1.54, 1.807) is 13.2 Å². The lowest BCUT2D eigenvalue weighted by molar-refractivity contribution is 0.102. The Morgan fingerprint density at radius 3 is 2.42 bits per heavy atom. The van der Waals surface area contributed by atoms with E-state index in [0.29, 0.717) is 5.69 Å². The van der Waals surface area contributed by atoms with Crippen LogP contribution in [0.15, 0.2) is 42.5 Å². The van der Waals surface area contributed by atoms with E-state index in [1.165, 1.54) is 25.7 Å². The number of carbonyl (C=O) groups is 1. The van der Waals surface area contributed by atoms with Crippen molar-refractivity contribution in [3.05, 3.63) is 48.2 Å². The maximum Gasteiger partial charge on any atom is 0.274 e. The van der Waals surface area contributed by atoms with Crippen molar-refractivity contribution in [3.63, 3.8) is 0 Å². The molecule has 0 radical (unpaired) electrons. The first-order chi connectivity index (χ1) is 11.8. The lowest BCUT2D eigenvalue weighted by Crippen LogP contribution is -2.25. The summed E-state index contributed by atoms with van der Waals surface area (Å²) in [6.07, 6.45) is 4.91. The van der Waals surface area contributed by atoms with Crippen molar-refractivity contribution >= 4 is 17.4 Å². The van der Waals surface area contributed by atoms with Crippen LogP contribution in [0.3, 0.4) is 0 Å². The first-order valence-electron chi connectivity index (χ1n) is 8.44. The number of pyridine rings is 1. The molecule has 0 spiro atoms. The summed E-state index contributed by atoms with van der Waals surface area (Å²) in [6.45, 7) is 2.02. The average Bonchev–Trinajstić information content (AvgIpc) is 2.92. The quantitative estimate of drug-likeness (QED) is 0.931. The van der Waals surface area contributed by atoms with Crippen LogP contribution in [0.25, 0.3) is 0 Å². The SMILES string of the molecule is COc1ccc(NC(=O)c2cccc(N3CCCCCC3)n2)cc1. The van der Waals surface area contributed by atoms with Gasteiger partial charge in [-0.1, -0.05) is 18.9 Å². The van der Waals surface area contributed by atoms with Crippen molar-refractivity contribution in [1.29, 1.82) is 0 Å². The van der Waals surface area contributed by atoms with Crippen LogP contribution >= 0.6 is 0 Å². The van der Waals surface area contributed by atoms with E-state index < -0.39 is 0 Å². The molecule has 24 heavy (non-hydrogen) atoms.